The number of nitrogens with zero attached hydrogens (tertiary/aromatic N) is 2. The molecule has 114 valence electrons. The summed E-state index contributed by atoms with van der Waals surface area (Å²) in [6.45, 7) is 5.33. The Balaban J connectivity index is 1.99. The number of hydrogen-bond donors (Lipinski definition) is 0. The molecule has 21 heavy (non-hydrogen) atoms. The lowest BCUT2D eigenvalue weighted by atomic mass is 9.76. The van der Waals surface area contributed by atoms with Crippen molar-refractivity contribution in [1.82, 2.24) is 4.31 Å². The van der Waals surface area contributed by atoms with Gasteiger partial charge in [-0.3, -0.25) is 4.79 Å². The number of rotatable bonds is 3. The fourth-order valence-corrected chi connectivity index (χ4v) is 4.15. The van der Waals surface area contributed by atoms with E-state index in [1.54, 1.807) is 0 Å². The van der Waals surface area contributed by atoms with Crippen molar-refractivity contribution in [3.8, 4) is 0 Å². The number of anilines is 1. The minimum absolute atomic E-state index is 0.0392. The van der Waals surface area contributed by atoms with E-state index in [2.05, 4.69) is 13.8 Å². The second-order valence-electron chi connectivity index (χ2n) is 6.44. The van der Waals surface area contributed by atoms with Crippen LogP contribution in [0.2, 0.25) is 0 Å². The molecule has 5 nitrogen and oxygen atoms in total. The van der Waals surface area contributed by atoms with Gasteiger partial charge in [0.2, 0.25) is 15.9 Å². The van der Waals surface area contributed by atoms with Crippen molar-refractivity contribution in [3.63, 3.8) is 0 Å². The molecular weight excluding hydrogens is 288 g/mol. The second-order valence-corrected chi connectivity index (χ2v) is 8.42. The van der Waals surface area contributed by atoms with Crippen LogP contribution >= 0.6 is 0 Å². The quantitative estimate of drug-likeness (QED) is 0.843. The number of benzene rings is 1. The number of sulfonamides is 1. The number of hydrogen-bond acceptors (Lipinski definition) is 3. The third-order valence-corrected chi connectivity index (χ3v) is 5.47. The minimum Gasteiger partial charge on any atom is -0.311 e. The Morgan fingerprint density at radius 1 is 1.24 bits per heavy atom. The predicted molar refractivity (Wildman–Crippen MR) is 81.7 cm³/mol. The molecule has 1 saturated heterocycles. The Morgan fingerprint density at radius 2 is 1.86 bits per heavy atom. The lowest BCUT2D eigenvalue weighted by molar-refractivity contribution is -0.127. The van der Waals surface area contributed by atoms with Gasteiger partial charge in [0.1, 0.15) is 5.41 Å². The van der Waals surface area contributed by atoms with E-state index in [0.29, 0.717) is 12.5 Å². The van der Waals surface area contributed by atoms with Gasteiger partial charge in [0, 0.05) is 25.3 Å². The van der Waals surface area contributed by atoms with Crippen LogP contribution in [0.4, 0.5) is 5.69 Å². The van der Waals surface area contributed by atoms with E-state index in [4.69, 9.17) is 0 Å². The summed E-state index contributed by atoms with van der Waals surface area (Å²) in [7, 11) is -3.23. The molecule has 6 heteroatoms. The Hall–Kier alpha value is -1.40. The highest BCUT2D eigenvalue weighted by atomic mass is 32.2. The molecule has 2 heterocycles. The van der Waals surface area contributed by atoms with Crippen LogP contribution in [0.1, 0.15) is 19.4 Å². The molecule has 3 rings (SSSR count). The van der Waals surface area contributed by atoms with E-state index in [0.717, 1.165) is 11.3 Å². The predicted octanol–water partition coefficient (Wildman–Crippen LogP) is 1.20. The molecule has 0 unspecified atom stereocenters. The van der Waals surface area contributed by atoms with Crippen LogP contribution in [0.25, 0.3) is 0 Å². The summed E-state index contributed by atoms with van der Waals surface area (Å²) in [4.78, 5) is 14.7. The van der Waals surface area contributed by atoms with Crippen molar-refractivity contribution in [2.75, 3.05) is 30.8 Å². The summed E-state index contributed by atoms with van der Waals surface area (Å²) < 4.78 is 24.6. The molecule has 0 aromatic heterocycles. The van der Waals surface area contributed by atoms with Crippen molar-refractivity contribution in [2.24, 2.45) is 5.92 Å². The molecule has 1 aromatic rings. The molecule has 0 bridgehead atoms. The van der Waals surface area contributed by atoms with Gasteiger partial charge in [-0.15, -0.1) is 0 Å². The summed E-state index contributed by atoms with van der Waals surface area (Å²) in [6, 6.07) is 7.74. The van der Waals surface area contributed by atoms with Crippen LogP contribution in [0.15, 0.2) is 24.3 Å². The number of fused-ring (bicyclic) bond motifs is 2. The van der Waals surface area contributed by atoms with E-state index in [-0.39, 0.29) is 19.0 Å². The Bertz CT molecular complexity index is 691. The first-order valence-electron chi connectivity index (χ1n) is 7.12. The molecule has 1 aromatic carbocycles. The maximum absolute atomic E-state index is 12.9. The van der Waals surface area contributed by atoms with Crippen molar-refractivity contribution in [2.45, 2.75) is 19.3 Å². The molecule has 0 aliphatic carbocycles. The van der Waals surface area contributed by atoms with E-state index < -0.39 is 15.4 Å². The summed E-state index contributed by atoms with van der Waals surface area (Å²) in [5.41, 5.74) is 1.23. The van der Waals surface area contributed by atoms with Crippen molar-refractivity contribution in [1.29, 1.82) is 0 Å². The maximum atomic E-state index is 12.9. The van der Waals surface area contributed by atoms with Crippen molar-refractivity contribution < 1.29 is 13.2 Å². The molecule has 1 spiro atoms. The average Bonchev–Trinajstić information content (AvgIpc) is 2.56. The van der Waals surface area contributed by atoms with E-state index >= 15 is 0 Å². The standard InChI is InChI=1S/C15H20N2O3S/c1-11(2)8-17-13-7-5-4-6-12(13)15(14(17)18)9-16(10-15)21(3,19)20/h4-7,11H,8-10H2,1-3H3. The van der Waals surface area contributed by atoms with Gasteiger partial charge in [-0.1, -0.05) is 32.0 Å². The first-order valence-corrected chi connectivity index (χ1v) is 8.97. The molecule has 2 aliphatic heterocycles. The van der Waals surface area contributed by atoms with Gasteiger partial charge in [0.15, 0.2) is 0 Å². The fourth-order valence-electron chi connectivity index (χ4n) is 3.24. The topological polar surface area (TPSA) is 57.7 Å². The molecule has 1 amide bonds. The van der Waals surface area contributed by atoms with Crippen LogP contribution in [0.3, 0.4) is 0 Å². The number of para-hydroxylation sites is 1. The Kier molecular flexibility index (Phi) is 3.15. The van der Waals surface area contributed by atoms with Crippen molar-refractivity contribution >= 4 is 21.6 Å². The highest BCUT2D eigenvalue weighted by Crippen LogP contribution is 2.48. The van der Waals surface area contributed by atoms with Crippen LogP contribution in [-0.2, 0) is 20.2 Å². The Labute approximate surface area is 125 Å². The van der Waals surface area contributed by atoms with Crippen molar-refractivity contribution in [3.05, 3.63) is 29.8 Å². The summed E-state index contributed by atoms with van der Waals surface area (Å²) in [5.74, 6) is 0.403. The maximum Gasteiger partial charge on any atom is 0.240 e. The summed E-state index contributed by atoms with van der Waals surface area (Å²) >= 11 is 0. The summed E-state index contributed by atoms with van der Waals surface area (Å²) in [6.07, 6.45) is 1.19. The van der Waals surface area contributed by atoms with Crippen LogP contribution in [0.5, 0.6) is 0 Å². The van der Waals surface area contributed by atoms with Gasteiger partial charge in [0.05, 0.1) is 6.26 Å². The zero-order valence-corrected chi connectivity index (χ0v) is 13.4. The zero-order chi connectivity index (χ0) is 15.4. The lowest BCUT2D eigenvalue weighted by Crippen LogP contribution is -2.65. The lowest BCUT2D eigenvalue weighted by Gasteiger charge is -2.45. The molecule has 2 aliphatic rings. The SMILES string of the molecule is CC(C)CN1C(=O)C2(CN(S(C)(=O)=O)C2)c2ccccc21. The highest BCUT2D eigenvalue weighted by Gasteiger charge is 2.59. The van der Waals surface area contributed by atoms with Gasteiger partial charge < -0.3 is 4.90 Å². The monoisotopic (exact) mass is 308 g/mol. The molecule has 0 saturated carbocycles. The molecule has 0 atom stereocenters. The second kappa shape index (κ2) is 4.55. The summed E-state index contributed by atoms with van der Waals surface area (Å²) in [5, 5.41) is 0. The van der Waals surface area contributed by atoms with E-state index in [9.17, 15) is 13.2 Å². The Morgan fingerprint density at radius 3 is 2.43 bits per heavy atom. The van der Waals surface area contributed by atoms with E-state index in [1.165, 1.54) is 10.6 Å². The molecule has 0 N–H and O–H groups in total. The smallest absolute Gasteiger partial charge is 0.240 e. The number of carbonyl (C=O) groups is 1. The third-order valence-electron chi connectivity index (χ3n) is 4.27. The molecule has 0 radical (unpaired) electrons. The average molecular weight is 308 g/mol. The largest absolute Gasteiger partial charge is 0.311 e. The van der Waals surface area contributed by atoms with E-state index in [1.807, 2.05) is 29.2 Å². The van der Waals surface area contributed by atoms with Crippen LogP contribution in [-0.4, -0.2) is 44.5 Å². The van der Waals surface area contributed by atoms with Gasteiger partial charge in [-0.25, -0.2) is 8.42 Å². The first-order chi connectivity index (χ1) is 9.75. The van der Waals surface area contributed by atoms with Gasteiger partial charge in [-0.2, -0.15) is 4.31 Å². The molecular formula is C15H20N2O3S. The normalized spacial score (nSPS) is 21.0. The molecule has 1 fully saturated rings. The minimum atomic E-state index is -3.23. The first kappa shape index (κ1) is 14.5. The third kappa shape index (κ3) is 2.08. The van der Waals surface area contributed by atoms with Gasteiger partial charge in [-0.05, 0) is 17.5 Å². The number of carbonyl (C=O) groups excluding carboxylic acids is 1. The van der Waals surface area contributed by atoms with Gasteiger partial charge in [0.25, 0.3) is 0 Å². The fraction of sp³-hybridized carbons (Fsp3) is 0.533. The highest BCUT2D eigenvalue weighted by molar-refractivity contribution is 7.88. The van der Waals surface area contributed by atoms with Crippen LogP contribution < -0.4 is 4.90 Å². The van der Waals surface area contributed by atoms with Gasteiger partial charge >= 0.3 is 0 Å². The number of amides is 1. The van der Waals surface area contributed by atoms with Crippen LogP contribution in [0, 0.1) is 5.92 Å². The zero-order valence-electron chi connectivity index (χ0n) is 12.5.